The van der Waals surface area contributed by atoms with E-state index in [0.29, 0.717) is 6.42 Å². The molecule has 0 saturated heterocycles. The molecule has 0 aliphatic heterocycles. The summed E-state index contributed by atoms with van der Waals surface area (Å²) in [6.45, 7) is 1.96. The highest BCUT2D eigenvalue weighted by Gasteiger charge is 2.07. The molecule has 1 heterocycles. The average Bonchev–Trinajstić information content (AvgIpc) is 2.29. The highest BCUT2D eigenvalue weighted by Crippen LogP contribution is 2.15. The molecule has 0 aromatic carbocycles. The molecule has 0 saturated carbocycles. The lowest BCUT2D eigenvalue weighted by Crippen LogP contribution is -2.27. The lowest BCUT2D eigenvalue weighted by Gasteiger charge is -2.13. The number of nitrogens with zero attached hydrogens (tertiary/aromatic N) is 1. The molecule has 5 heteroatoms. The van der Waals surface area contributed by atoms with E-state index in [0.717, 1.165) is 10.7 Å². The number of amides is 1. The molecule has 1 amide bonds. The lowest BCUT2D eigenvalue weighted by atomic mass is 10.2. The number of thioether (sulfide) groups is 1. The second-order valence-electron chi connectivity index (χ2n) is 3.51. The van der Waals surface area contributed by atoms with E-state index in [9.17, 15) is 4.79 Å². The number of pyridine rings is 1. The summed E-state index contributed by atoms with van der Waals surface area (Å²) in [5.74, 6) is 0.829. The number of hydrogen-bond donors (Lipinski definition) is 2. The maximum absolute atomic E-state index is 11.1. The summed E-state index contributed by atoms with van der Waals surface area (Å²) < 4.78 is 0. The minimum atomic E-state index is 0.0285. The first-order valence-electron chi connectivity index (χ1n) is 5.13. The van der Waals surface area contributed by atoms with Gasteiger partial charge in [0.15, 0.2) is 0 Å². The van der Waals surface area contributed by atoms with Gasteiger partial charge in [-0.1, -0.05) is 0 Å². The molecule has 1 aromatic rings. The third-order valence-electron chi connectivity index (χ3n) is 2.14. The summed E-state index contributed by atoms with van der Waals surface area (Å²) in [5, 5.41) is 5.77. The van der Waals surface area contributed by atoms with E-state index < -0.39 is 0 Å². The molecule has 0 bridgehead atoms. The second-order valence-corrected chi connectivity index (χ2v) is 4.39. The number of hydrogen-bond acceptors (Lipinski definition) is 4. The molecular formula is C11H17N3OS. The van der Waals surface area contributed by atoms with E-state index in [1.54, 1.807) is 18.8 Å². The Morgan fingerprint density at radius 2 is 2.31 bits per heavy atom. The molecule has 0 aliphatic carbocycles. The predicted molar refractivity (Wildman–Crippen MR) is 67.8 cm³/mol. The molecule has 1 aromatic heterocycles. The van der Waals surface area contributed by atoms with Crippen molar-refractivity contribution in [2.75, 3.05) is 18.6 Å². The van der Waals surface area contributed by atoms with Crippen molar-refractivity contribution in [3.63, 3.8) is 0 Å². The van der Waals surface area contributed by atoms with E-state index in [-0.39, 0.29) is 11.9 Å². The average molecular weight is 239 g/mol. The molecule has 0 radical (unpaired) electrons. The summed E-state index contributed by atoms with van der Waals surface area (Å²) in [5.41, 5.74) is 0. The zero-order valence-corrected chi connectivity index (χ0v) is 10.6. The zero-order valence-electron chi connectivity index (χ0n) is 9.78. The number of carbonyl (C=O) groups excluding carboxylic acids is 1. The van der Waals surface area contributed by atoms with Gasteiger partial charge in [0.1, 0.15) is 5.82 Å². The third-order valence-corrected chi connectivity index (χ3v) is 2.85. The Hall–Kier alpha value is -1.23. The van der Waals surface area contributed by atoms with Gasteiger partial charge in [-0.3, -0.25) is 4.79 Å². The normalized spacial score (nSPS) is 11.9. The number of anilines is 1. The third kappa shape index (κ3) is 4.10. The first-order valence-corrected chi connectivity index (χ1v) is 6.35. The van der Waals surface area contributed by atoms with Crippen LogP contribution in [0.1, 0.15) is 13.3 Å². The summed E-state index contributed by atoms with van der Waals surface area (Å²) in [6.07, 6.45) is 4.28. The van der Waals surface area contributed by atoms with Gasteiger partial charge in [-0.2, -0.15) is 0 Å². The van der Waals surface area contributed by atoms with Crippen LogP contribution in [-0.4, -0.2) is 30.2 Å². The summed E-state index contributed by atoms with van der Waals surface area (Å²) in [7, 11) is 1.64. The standard InChI is InChI=1S/C11H17N3OS/c1-8(6-11(15)12-2)14-10-5-4-9(16-3)7-13-10/h4-5,7-8H,6H2,1-3H3,(H,12,15)(H,13,14). The SMILES string of the molecule is CNC(=O)CC(C)Nc1ccc(SC)cn1. The van der Waals surface area contributed by atoms with Crippen molar-refractivity contribution >= 4 is 23.5 Å². The Bertz CT molecular complexity index is 340. The summed E-state index contributed by atoms with van der Waals surface area (Å²) >= 11 is 1.66. The maximum atomic E-state index is 11.1. The van der Waals surface area contributed by atoms with Gasteiger partial charge in [-0.05, 0) is 25.3 Å². The van der Waals surface area contributed by atoms with Gasteiger partial charge in [0.25, 0.3) is 0 Å². The van der Waals surface area contributed by atoms with E-state index in [4.69, 9.17) is 0 Å². The van der Waals surface area contributed by atoms with Gasteiger partial charge in [0.2, 0.25) is 5.91 Å². The van der Waals surface area contributed by atoms with Crippen molar-refractivity contribution in [3.8, 4) is 0 Å². The van der Waals surface area contributed by atoms with Crippen molar-refractivity contribution in [2.45, 2.75) is 24.3 Å². The van der Waals surface area contributed by atoms with Crippen LogP contribution < -0.4 is 10.6 Å². The van der Waals surface area contributed by atoms with Gasteiger partial charge in [0, 0.05) is 30.6 Å². The molecule has 0 aliphatic rings. The first kappa shape index (κ1) is 12.8. The molecule has 88 valence electrons. The number of rotatable bonds is 5. The highest BCUT2D eigenvalue weighted by atomic mass is 32.2. The fourth-order valence-electron chi connectivity index (χ4n) is 1.27. The van der Waals surface area contributed by atoms with Crippen LogP contribution in [-0.2, 0) is 4.79 Å². The Morgan fingerprint density at radius 3 is 2.81 bits per heavy atom. The van der Waals surface area contributed by atoms with Crippen molar-refractivity contribution in [3.05, 3.63) is 18.3 Å². The topological polar surface area (TPSA) is 54.0 Å². The van der Waals surface area contributed by atoms with Crippen LogP contribution >= 0.6 is 11.8 Å². The summed E-state index contributed by atoms with van der Waals surface area (Å²) in [4.78, 5) is 16.5. The lowest BCUT2D eigenvalue weighted by molar-refractivity contribution is -0.120. The fraction of sp³-hybridized carbons (Fsp3) is 0.455. The van der Waals surface area contributed by atoms with Crippen LogP contribution in [0.5, 0.6) is 0 Å². The van der Waals surface area contributed by atoms with E-state index >= 15 is 0 Å². The van der Waals surface area contributed by atoms with Gasteiger partial charge in [-0.15, -0.1) is 11.8 Å². The molecule has 1 rings (SSSR count). The number of nitrogens with one attached hydrogen (secondary N) is 2. The molecule has 1 atom stereocenters. The maximum Gasteiger partial charge on any atom is 0.221 e. The first-order chi connectivity index (χ1) is 7.65. The smallest absolute Gasteiger partial charge is 0.221 e. The number of aromatic nitrogens is 1. The largest absolute Gasteiger partial charge is 0.367 e. The van der Waals surface area contributed by atoms with Crippen LogP contribution in [0.2, 0.25) is 0 Å². The minimum Gasteiger partial charge on any atom is -0.367 e. The monoisotopic (exact) mass is 239 g/mol. The number of carbonyl (C=O) groups is 1. The van der Waals surface area contributed by atoms with Crippen molar-refractivity contribution in [1.29, 1.82) is 0 Å². The van der Waals surface area contributed by atoms with E-state index in [2.05, 4.69) is 15.6 Å². The van der Waals surface area contributed by atoms with Gasteiger partial charge >= 0.3 is 0 Å². The Kier molecular flexibility index (Phi) is 5.11. The molecular weight excluding hydrogens is 222 g/mol. The van der Waals surface area contributed by atoms with Crippen LogP contribution in [0.25, 0.3) is 0 Å². The molecule has 0 fully saturated rings. The van der Waals surface area contributed by atoms with Crippen molar-refractivity contribution in [2.24, 2.45) is 0 Å². The van der Waals surface area contributed by atoms with Gasteiger partial charge in [0.05, 0.1) is 0 Å². The quantitative estimate of drug-likeness (QED) is 0.769. The van der Waals surface area contributed by atoms with Gasteiger partial charge in [-0.25, -0.2) is 4.98 Å². The molecule has 4 nitrogen and oxygen atoms in total. The fourth-order valence-corrected chi connectivity index (χ4v) is 1.63. The van der Waals surface area contributed by atoms with Crippen molar-refractivity contribution < 1.29 is 4.79 Å². The molecule has 0 spiro atoms. The van der Waals surface area contributed by atoms with E-state index in [1.165, 1.54) is 0 Å². The molecule has 16 heavy (non-hydrogen) atoms. The molecule has 2 N–H and O–H groups in total. The van der Waals surface area contributed by atoms with Gasteiger partial charge < -0.3 is 10.6 Å². The zero-order chi connectivity index (χ0) is 12.0. The summed E-state index contributed by atoms with van der Waals surface area (Å²) in [6, 6.07) is 4.01. The van der Waals surface area contributed by atoms with Crippen molar-refractivity contribution in [1.82, 2.24) is 10.3 Å². The Morgan fingerprint density at radius 1 is 1.56 bits per heavy atom. The van der Waals surface area contributed by atoms with Crippen LogP contribution in [0, 0.1) is 0 Å². The highest BCUT2D eigenvalue weighted by molar-refractivity contribution is 7.98. The van der Waals surface area contributed by atoms with Crippen LogP contribution in [0.4, 0.5) is 5.82 Å². The predicted octanol–water partition coefficient (Wildman–Crippen LogP) is 1.74. The molecule has 1 unspecified atom stereocenters. The van der Waals surface area contributed by atoms with E-state index in [1.807, 2.05) is 31.5 Å². The minimum absolute atomic E-state index is 0.0285. The second kappa shape index (κ2) is 6.37. The van der Waals surface area contributed by atoms with Crippen LogP contribution in [0.3, 0.4) is 0 Å². The Labute approximate surface area is 100 Å². The van der Waals surface area contributed by atoms with Crippen LogP contribution in [0.15, 0.2) is 23.2 Å². The Balaban J connectivity index is 2.49.